The van der Waals surface area contributed by atoms with Crippen molar-refractivity contribution in [2.24, 2.45) is 0 Å². The number of nitrogens with zero attached hydrogens (tertiary/aromatic N) is 4. The fourth-order valence-corrected chi connectivity index (χ4v) is 4.46. The van der Waals surface area contributed by atoms with Gasteiger partial charge in [-0.15, -0.1) is 5.10 Å². The summed E-state index contributed by atoms with van der Waals surface area (Å²) in [6, 6.07) is 8.74. The summed E-state index contributed by atoms with van der Waals surface area (Å²) in [6.45, 7) is 3.90. The minimum atomic E-state index is -0.871. The Labute approximate surface area is 185 Å². The van der Waals surface area contributed by atoms with E-state index in [2.05, 4.69) is 19.9 Å². The van der Waals surface area contributed by atoms with E-state index in [1.165, 1.54) is 0 Å². The zero-order valence-corrected chi connectivity index (χ0v) is 18.4. The number of aryl methyl sites for hydroxylation is 2. The Hall–Kier alpha value is -3.13. The van der Waals surface area contributed by atoms with Crippen molar-refractivity contribution in [2.75, 3.05) is 4.90 Å². The number of rotatable bonds is 6. The van der Waals surface area contributed by atoms with Crippen LogP contribution in [0.1, 0.15) is 58.9 Å². The zero-order valence-electron chi connectivity index (χ0n) is 17.6. The molecular formula is C23H25N5O2S. The van der Waals surface area contributed by atoms with Gasteiger partial charge < -0.3 is 5.32 Å². The van der Waals surface area contributed by atoms with Crippen LogP contribution in [0.3, 0.4) is 0 Å². The van der Waals surface area contributed by atoms with Gasteiger partial charge in [-0.2, -0.15) is 0 Å². The fraction of sp³-hybridized carbons (Fsp3) is 0.348. The molecule has 3 aromatic rings. The number of hydrogen-bond donors (Lipinski definition) is 1. The molecule has 0 saturated heterocycles. The number of pyridine rings is 1. The van der Waals surface area contributed by atoms with Gasteiger partial charge in [-0.1, -0.05) is 35.5 Å². The molecule has 0 radical (unpaired) electrons. The molecule has 0 unspecified atom stereocenters. The van der Waals surface area contributed by atoms with Crippen LogP contribution in [0.4, 0.5) is 5.69 Å². The van der Waals surface area contributed by atoms with Gasteiger partial charge in [0.15, 0.2) is 5.69 Å². The molecule has 160 valence electrons. The first kappa shape index (κ1) is 21.1. The van der Waals surface area contributed by atoms with E-state index in [9.17, 15) is 9.59 Å². The van der Waals surface area contributed by atoms with Crippen molar-refractivity contribution in [2.45, 2.75) is 51.6 Å². The Morgan fingerprint density at radius 2 is 2.00 bits per heavy atom. The Bertz CT molecular complexity index is 1050. The minimum Gasteiger partial charge on any atom is -0.351 e. The van der Waals surface area contributed by atoms with Gasteiger partial charge >= 0.3 is 0 Å². The van der Waals surface area contributed by atoms with Crippen LogP contribution < -0.4 is 10.2 Å². The summed E-state index contributed by atoms with van der Waals surface area (Å²) in [5.74, 6) is -0.574. The molecular weight excluding hydrogens is 410 g/mol. The van der Waals surface area contributed by atoms with Crippen molar-refractivity contribution in [3.8, 4) is 0 Å². The van der Waals surface area contributed by atoms with Gasteiger partial charge in [0.05, 0.1) is 0 Å². The van der Waals surface area contributed by atoms with Gasteiger partial charge in [0.25, 0.3) is 5.91 Å². The maximum absolute atomic E-state index is 13.7. The third kappa shape index (κ3) is 4.64. The third-order valence-electron chi connectivity index (χ3n) is 5.63. The van der Waals surface area contributed by atoms with E-state index in [4.69, 9.17) is 0 Å². The van der Waals surface area contributed by atoms with Crippen molar-refractivity contribution < 1.29 is 9.59 Å². The summed E-state index contributed by atoms with van der Waals surface area (Å²) in [7, 11) is 0. The van der Waals surface area contributed by atoms with Crippen LogP contribution in [0.2, 0.25) is 0 Å². The summed E-state index contributed by atoms with van der Waals surface area (Å²) in [5.41, 5.74) is 3.43. The number of anilines is 1. The Morgan fingerprint density at radius 3 is 2.68 bits per heavy atom. The van der Waals surface area contributed by atoms with Crippen molar-refractivity contribution in [3.05, 3.63) is 70.5 Å². The number of benzene rings is 1. The van der Waals surface area contributed by atoms with Gasteiger partial charge in [-0.3, -0.25) is 19.5 Å². The average Bonchev–Trinajstić information content (AvgIpc) is 3.48. The predicted octanol–water partition coefficient (Wildman–Crippen LogP) is 4.00. The summed E-state index contributed by atoms with van der Waals surface area (Å²) in [4.78, 5) is 33.0. The Kier molecular flexibility index (Phi) is 6.36. The highest BCUT2D eigenvalue weighted by Crippen LogP contribution is 2.33. The first-order valence-electron chi connectivity index (χ1n) is 10.4. The molecule has 8 heteroatoms. The second kappa shape index (κ2) is 9.34. The maximum atomic E-state index is 13.7. The van der Waals surface area contributed by atoms with Crippen LogP contribution in [0, 0.1) is 13.8 Å². The molecule has 1 aromatic carbocycles. The first-order chi connectivity index (χ1) is 15.0. The van der Waals surface area contributed by atoms with Crippen molar-refractivity contribution in [1.29, 1.82) is 0 Å². The van der Waals surface area contributed by atoms with Crippen molar-refractivity contribution in [3.63, 3.8) is 0 Å². The lowest BCUT2D eigenvalue weighted by atomic mass is 10.0. The molecule has 1 aliphatic rings. The molecule has 2 heterocycles. The van der Waals surface area contributed by atoms with Crippen LogP contribution in [-0.4, -0.2) is 32.4 Å². The molecule has 1 aliphatic carbocycles. The van der Waals surface area contributed by atoms with E-state index >= 15 is 0 Å². The Morgan fingerprint density at radius 1 is 1.19 bits per heavy atom. The smallest absolute Gasteiger partial charge is 0.280 e. The number of nitrogens with one attached hydrogen (secondary N) is 1. The summed E-state index contributed by atoms with van der Waals surface area (Å²) in [6.07, 6.45) is 7.42. The highest BCUT2D eigenvalue weighted by Gasteiger charge is 2.36. The van der Waals surface area contributed by atoms with Crippen LogP contribution in [-0.2, 0) is 4.79 Å². The van der Waals surface area contributed by atoms with Crippen molar-refractivity contribution in [1.82, 2.24) is 19.9 Å². The second-order valence-corrected chi connectivity index (χ2v) is 8.54. The number of carbonyl (C=O) groups excluding carboxylic acids is 2. The number of aromatic nitrogens is 3. The minimum absolute atomic E-state index is 0.128. The lowest BCUT2D eigenvalue weighted by molar-refractivity contribution is -0.123. The second-order valence-electron chi connectivity index (χ2n) is 7.93. The molecule has 7 nitrogen and oxygen atoms in total. The predicted molar refractivity (Wildman–Crippen MR) is 120 cm³/mol. The summed E-state index contributed by atoms with van der Waals surface area (Å²) >= 11 is 1.11. The lowest BCUT2D eigenvalue weighted by Gasteiger charge is -2.32. The van der Waals surface area contributed by atoms with Gasteiger partial charge in [0.1, 0.15) is 6.04 Å². The van der Waals surface area contributed by atoms with Crippen LogP contribution >= 0.6 is 11.5 Å². The highest BCUT2D eigenvalue weighted by atomic mass is 32.1. The first-order valence-corrected chi connectivity index (χ1v) is 11.3. The molecule has 0 spiro atoms. The van der Waals surface area contributed by atoms with Crippen LogP contribution in [0.5, 0.6) is 0 Å². The summed E-state index contributed by atoms with van der Waals surface area (Å²) in [5, 5.41) is 8.76. The maximum Gasteiger partial charge on any atom is 0.280 e. The highest BCUT2D eigenvalue weighted by molar-refractivity contribution is 7.03. The van der Waals surface area contributed by atoms with E-state index in [1.54, 1.807) is 28.7 Å². The average molecular weight is 436 g/mol. The zero-order chi connectivity index (χ0) is 21.8. The SMILES string of the molecule is Cc1ccc(C)c(N(C(=O)c2csnn2)[C@@H](C(=O)NC2CCCC2)c2cccnc2)c1. The molecule has 1 saturated carbocycles. The lowest BCUT2D eigenvalue weighted by Crippen LogP contribution is -2.46. The normalized spacial score (nSPS) is 14.9. The van der Waals surface area contributed by atoms with Gasteiger partial charge in [-0.05, 0) is 61.5 Å². The number of carbonyl (C=O) groups is 2. The fourth-order valence-electron chi connectivity index (χ4n) is 4.03. The van der Waals surface area contributed by atoms with E-state index in [1.807, 2.05) is 38.1 Å². The monoisotopic (exact) mass is 435 g/mol. The quantitative estimate of drug-likeness (QED) is 0.632. The standard InChI is InChI=1S/C23H25N5O2S/c1-15-9-10-16(2)20(12-15)28(23(30)19-14-31-27-26-19)21(17-6-5-11-24-13-17)22(29)25-18-7-3-4-8-18/h5-6,9-14,18,21H,3-4,7-8H2,1-2H3,(H,25,29)/t21-/m1/s1. The molecule has 2 aromatic heterocycles. The van der Waals surface area contributed by atoms with Gasteiger partial charge in [0.2, 0.25) is 5.91 Å². The third-order valence-corrected chi connectivity index (χ3v) is 6.13. The molecule has 0 aliphatic heterocycles. The van der Waals surface area contributed by atoms with E-state index in [0.29, 0.717) is 11.3 Å². The molecule has 0 bridgehead atoms. The molecule has 2 amide bonds. The van der Waals surface area contributed by atoms with Crippen LogP contribution in [0.25, 0.3) is 0 Å². The largest absolute Gasteiger partial charge is 0.351 e. The summed E-state index contributed by atoms with van der Waals surface area (Å²) < 4.78 is 3.85. The van der Waals surface area contributed by atoms with E-state index in [0.717, 1.165) is 48.3 Å². The molecule has 4 rings (SSSR count). The Balaban J connectivity index is 1.83. The van der Waals surface area contributed by atoms with Crippen molar-refractivity contribution >= 4 is 29.0 Å². The topological polar surface area (TPSA) is 88.1 Å². The van der Waals surface area contributed by atoms with E-state index in [-0.39, 0.29) is 23.6 Å². The molecule has 1 N–H and O–H groups in total. The van der Waals surface area contributed by atoms with Gasteiger partial charge in [0, 0.05) is 35.1 Å². The molecule has 1 atom stereocenters. The molecule has 31 heavy (non-hydrogen) atoms. The molecule has 1 fully saturated rings. The van der Waals surface area contributed by atoms with Crippen LogP contribution in [0.15, 0.2) is 48.1 Å². The van der Waals surface area contributed by atoms with E-state index < -0.39 is 6.04 Å². The number of amides is 2. The van der Waals surface area contributed by atoms with Gasteiger partial charge in [-0.25, -0.2) is 0 Å². The number of hydrogen-bond acceptors (Lipinski definition) is 6.